The topological polar surface area (TPSA) is 159 Å². The van der Waals surface area contributed by atoms with Crippen LogP contribution in [-0.4, -0.2) is 75.6 Å². The lowest BCUT2D eigenvalue weighted by Crippen LogP contribution is -2.59. The number of rotatable bonds is 12. The van der Waals surface area contributed by atoms with Gasteiger partial charge in [-0.05, 0) is 71.5 Å². The normalized spacial score (nSPS) is 24.0. The van der Waals surface area contributed by atoms with Crippen LogP contribution in [0, 0.1) is 11.3 Å². The second-order valence-corrected chi connectivity index (χ2v) is 15.9. The minimum absolute atomic E-state index is 0.00155. The number of ketones is 1. The first kappa shape index (κ1) is 36.0. The molecule has 3 heterocycles. The highest BCUT2D eigenvalue weighted by molar-refractivity contribution is 9.10. The highest BCUT2D eigenvalue weighted by Crippen LogP contribution is 2.39. The van der Waals surface area contributed by atoms with Gasteiger partial charge in [-0.15, -0.1) is 0 Å². The Hall–Kier alpha value is -3.32. The zero-order chi connectivity index (χ0) is 34.6. The van der Waals surface area contributed by atoms with Gasteiger partial charge < -0.3 is 20.9 Å². The minimum atomic E-state index is -1.07. The molecule has 12 nitrogen and oxygen atoms in total. The maximum absolute atomic E-state index is 14.5. The molecule has 2 aliphatic carbocycles. The van der Waals surface area contributed by atoms with Crippen molar-refractivity contribution >= 4 is 51.0 Å². The van der Waals surface area contributed by atoms with Gasteiger partial charge in [0.1, 0.15) is 17.7 Å². The highest BCUT2D eigenvalue weighted by Gasteiger charge is 2.54. The molecular weight excluding hydrogens is 680 g/mol. The average Bonchev–Trinajstić information content (AvgIpc) is 3.63. The number of pyridine rings is 1. The largest absolute Gasteiger partial charge is 0.347 e. The Labute approximate surface area is 291 Å². The molecule has 4 N–H and O–H groups in total. The molecular formula is C35H49BrN6O6. The van der Waals surface area contributed by atoms with Crippen molar-refractivity contribution in [1.29, 1.82) is 0 Å². The molecule has 48 heavy (non-hydrogen) atoms. The quantitative estimate of drug-likeness (QED) is 0.237. The lowest BCUT2D eigenvalue weighted by atomic mass is 9.84. The van der Waals surface area contributed by atoms with E-state index in [0.29, 0.717) is 24.5 Å². The third-order valence-electron chi connectivity index (χ3n) is 9.69. The molecule has 3 fully saturated rings. The van der Waals surface area contributed by atoms with Gasteiger partial charge in [-0.1, -0.05) is 53.4 Å². The highest BCUT2D eigenvalue weighted by atomic mass is 79.9. The lowest BCUT2D eigenvalue weighted by molar-refractivity contribution is -0.145. The summed E-state index contributed by atoms with van der Waals surface area (Å²) in [5.41, 5.74) is 2.61. The Morgan fingerprint density at radius 2 is 1.81 bits per heavy atom. The number of aromatic nitrogens is 1. The van der Waals surface area contributed by atoms with Gasteiger partial charge in [-0.2, -0.15) is 0 Å². The van der Waals surface area contributed by atoms with Crippen LogP contribution in [0.2, 0.25) is 0 Å². The van der Waals surface area contributed by atoms with Gasteiger partial charge in [0.15, 0.2) is 0 Å². The second kappa shape index (κ2) is 15.1. The molecule has 5 rings (SSSR count). The summed E-state index contributed by atoms with van der Waals surface area (Å²) in [5, 5.41) is 8.55. The predicted octanol–water partition coefficient (Wildman–Crippen LogP) is 3.69. The number of carbonyl (C=O) groups excluding carboxylic acids is 5. The first-order valence-corrected chi connectivity index (χ1v) is 18.1. The lowest BCUT2D eigenvalue weighted by Gasteiger charge is -2.36. The van der Waals surface area contributed by atoms with Crippen molar-refractivity contribution in [2.75, 3.05) is 6.54 Å². The van der Waals surface area contributed by atoms with E-state index in [1.165, 1.54) is 11.3 Å². The van der Waals surface area contributed by atoms with Crippen molar-refractivity contribution in [3.63, 3.8) is 0 Å². The van der Waals surface area contributed by atoms with Gasteiger partial charge in [0, 0.05) is 41.3 Å². The molecule has 0 bridgehead atoms. The maximum Gasteiger partial charge on any atom is 0.289 e. The van der Waals surface area contributed by atoms with E-state index < -0.39 is 52.6 Å². The van der Waals surface area contributed by atoms with Crippen molar-refractivity contribution in [2.24, 2.45) is 11.3 Å². The first-order valence-electron chi connectivity index (χ1n) is 17.3. The molecule has 4 aliphatic rings. The van der Waals surface area contributed by atoms with E-state index in [9.17, 15) is 24.0 Å². The number of amides is 4. The molecule has 1 aromatic heterocycles. The standard InChI is InChI=1S/C35H49BrN6O6/c1-5-9-25(29(44)32(46)38-24-12-13-24)39-31(45)27-17-35(16-26(41-48-35)22-15-23(36)19-37-18-22)20-42(27)33(47)30(34(2,3)4)40-28(43)14-21-10-7-6-8-11-21/h15-16,18-19,21,24-25,27,30,41H,5-14,17,20H2,1-4H3,(H,38,46)(H,39,45)(H,40,43)/t25-,27-,30+,35+/m0/s1. The van der Waals surface area contributed by atoms with Gasteiger partial charge in [-0.25, -0.2) is 0 Å². The number of hydrogen-bond donors (Lipinski definition) is 4. The molecule has 4 amide bonds. The summed E-state index contributed by atoms with van der Waals surface area (Å²) in [6.07, 6.45) is 13.5. The maximum atomic E-state index is 14.5. The second-order valence-electron chi connectivity index (χ2n) is 14.9. The number of Topliss-reactive ketones (excluding diaryl/α,β-unsaturated/α-hetero) is 1. The summed E-state index contributed by atoms with van der Waals surface area (Å²) < 4.78 is 0.776. The SMILES string of the molecule is CCC[C@H](NC(=O)[C@@H]1C[C@]2(C=C(c3cncc(Br)c3)NO2)CN1C(=O)[C@@H](NC(=O)CC1CCCCC1)C(C)(C)C)C(=O)C(=O)NC1CC1. The summed E-state index contributed by atoms with van der Waals surface area (Å²) in [5.74, 6) is -2.25. The van der Waals surface area contributed by atoms with E-state index >= 15 is 0 Å². The van der Waals surface area contributed by atoms with E-state index in [0.717, 1.165) is 48.6 Å². The van der Waals surface area contributed by atoms with Crippen LogP contribution in [0.4, 0.5) is 0 Å². The third-order valence-corrected chi connectivity index (χ3v) is 10.1. The van der Waals surface area contributed by atoms with Crippen LogP contribution in [0.25, 0.3) is 5.70 Å². The smallest absolute Gasteiger partial charge is 0.289 e. The number of nitrogens with zero attached hydrogens (tertiary/aromatic N) is 2. The fourth-order valence-electron chi connectivity index (χ4n) is 6.88. The zero-order valence-corrected chi connectivity index (χ0v) is 30.0. The van der Waals surface area contributed by atoms with Gasteiger partial charge >= 0.3 is 0 Å². The summed E-state index contributed by atoms with van der Waals surface area (Å²) >= 11 is 3.45. The van der Waals surface area contributed by atoms with Crippen molar-refractivity contribution in [3.8, 4) is 0 Å². The molecule has 4 atom stereocenters. The van der Waals surface area contributed by atoms with Gasteiger partial charge in [-0.3, -0.25) is 39.3 Å². The summed E-state index contributed by atoms with van der Waals surface area (Å²) in [7, 11) is 0. The fourth-order valence-corrected chi connectivity index (χ4v) is 7.25. The third kappa shape index (κ3) is 8.82. The van der Waals surface area contributed by atoms with E-state index in [2.05, 4.69) is 42.3 Å². The number of hydrogen-bond acceptors (Lipinski definition) is 8. The number of nitrogens with one attached hydrogen (secondary N) is 4. The number of likely N-dealkylation sites (tertiary alicyclic amines) is 1. The Balaban J connectivity index is 1.40. The molecule has 0 unspecified atom stereocenters. The van der Waals surface area contributed by atoms with Gasteiger partial charge in [0.05, 0.1) is 18.3 Å². The van der Waals surface area contributed by atoms with Gasteiger partial charge in [0.25, 0.3) is 5.91 Å². The Morgan fingerprint density at radius 3 is 2.46 bits per heavy atom. The summed E-state index contributed by atoms with van der Waals surface area (Å²) in [6, 6.07) is -1.11. The molecule has 13 heteroatoms. The molecule has 1 aromatic rings. The van der Waals surface area contributed by atoms with Crippen LogP contribution < -0.4 is 21.4 Å². The molecule has 1 spiro atoms. The van der Waals surface area contributed by atoms with E-state index in [-0.39, 0.29) is 31.3 Å². The molecule has 2 saturated carbocycles. The first-order chi connectivity index (χ1) is 22.8. The van der Waals surface area contributed by atoms with Crippen LogP contribution in [0.3, 0.4) is 0 Å². The monoisotopic (exact) mass is 728 g/mol. The van der Waals surface area contributed by atoms with E-state index in [1.54, 1.807) is 12.4 Å². The van der Waals surface area contributed by atoms with Crippen LogP contribution >= 0.6 is 15.9 Å². The minimum Gasteiger partial charge on any atom is -0.347 e. The van der Waals surface area contributed by atoms with Crippen LogP contribution in [0.1, 0.15) is 104 Å². The van der Waals surface area contributed by atoms with E-state index in [1.807, 2.05) is 39.8 Å². The van der Waals surface area contributed by atoms with Crippen LogP contribution in [-0.2, 0) is 28.8 Å². The van der Waals surface area contributed by atoms with Gasteiger partial charge in [0.2, 0.25) is 23.5 Å². The number of hydroxylamine groups is 1. The zero-order valence-electron chi connectivity index (χ0n) is 28.4. The Kier molecular flexibility index (Phi) is 11.3. The fraction of sp³-hybridized carbons (Fsp3) is 0.657. The van der Waals surface area contributed by atoms with Crippen molar-refractivity contribution in [2.45, 2.75) is 128 Å². The molecule has 1 saturated heterocycles. The average molecular weight is 730 g/mol. The van der Waals surface area contributed by atoms with Crippen molar-refractivity contribution in [3.05, 3.63) is 34.6 Å². The van der Waals surface area contributed by atoms with Crippen molar-refractivity contribution < 1.29 is 28.8 Å². The number of carbonyl (C=O) groups is 5. The van der Waals surface area contributed by atoms with E-state index in [4.69, 9.17) is 4.84 Å². The molecule has 2 aliphatic heterocycles. The predicted molar refractivity (Wildman–Crippen MR) is 183 cm³/mol. The molecule has 0 aromatic carbocycles. The molecule has 0 radical (unpaired) electrons. The Bertz CT molecular complexity index is 1430. The number of halogens is 1. The summed E-state index contributed by atoms with van der Waals surface area (Å²) in [4.78, 5) is 79.6. The van der Waals surface area contributed by atoms with Crippen molar-refractivity contribution in [1.82, 2.24) is 31.3 Å². The van der Waals surface area contributed by atoms with Crippen LogP contribution in [0.5, 0.6) is 0 Å². The Morgan fingerprint density at radius 1 is 1.08 bits per heavy atom. The summed E-state index contributed by atoms with van der Waals surface area (Å²) in [6.45, 7) is 7.56. The molecule has 262 valence electrons. The van der Waals surface area contributed by atoms with Crippen LogP contribution in [0.15, 0.2) is 29.0 Å².